The van der Waals surface area contributed by atoms with Gasteiger partial charge >= 0.3 is 6.18 Å². The van der Waals surface area contributed by atoms with Gasteiger partial charge in [0.25, 0.3) is 0 Å². The molecule has 1 heterocycles. The van der Waals surface area contributed by atoms with Crippen LogP contribution in [0.5, 0.6) is 0 Å². The molecule has 3 rings (SSSR count). The van der Waals surface area contributed by atoms with E-state index in [-0.39, 0.29) is 12.5 Å². The fourth-order valence-corrected chi connectivity index (χ4v) is 3.27. The molecule has 2 aromatic rings. The summed E-state index contributed by atoms with van der Waals surface area (Å²) in [6, 6.07) is 11.2. The van der Waals surface area contributed by atoms with Gasteiger partial charge in [-0.25, -0.2) is 0 Å². The lowest BCUT2D eigenvalue weighted by atomic mass is 10.1. The number of rotatable bonds is 4. The van der Waals surface area contributed by atoms with Crippen LogP contribution in [0.2, 0.25) is 0 Å². The van der Waals surface area contributed by atoms with Crippen molar-refractivity contribution in [3.63, 3.8) is 0 Å². The molecule has 7 heteroatoms. The van der Waals surface area contributed by atoms with Crippen LogP contribution in [-0.2, 0) is 11.0 Å². The summed E-state index contributed by atoms with van der Waals surface area (Å²) in [4.78, 5) is 16.2. The van der Waals surface area contributed by atoms with Crippen LogP contribution in [0.15, 0.2) is 42.5 Å². The summed E-state index contributed by atoms with van der Waals surface area (Å²) in [6.07, 6.45) is -4.34. The summed E-state index contributed by atoms with van der Waals surface area (Å²) < 4.78 is 38.7. The number of carbonyl (C=O) groups excluding carboxylic acids is 1. The van der Waals surface area contributed by atoms with Gasteiger partial charge in [0.05, 0.1) is 12.1 Å². The van der Waals surface area contributed by atoms with Gasteiger partial charge in [0, 0.05) is 37.6 Å². The maximum absolute atomic E-state index is 12.9. The molecule has 1 aliphatic heterocycles. The van der Waals surface area contributed by atoms with Crippen molar-refractivity contribution in [2.45, 2.75) is 20.0 Å². The highest BCUT2D eigenvalue weighted by molar-refractivity contribution is 5.92. The number of aryl methyl sites for hydroxylation is 2. The van der Waals surface area contributed by atoms with Crippen LogP contribution < -0.4 is 10.2 Å². The topological polar surface area (TPSA) is 35.6 Å². The molecular weight excluding hydrogens is 367 g/mol. The molecule has 2 aromatic carbocycles. The van der Waals surface area contributed by atoms with Crippen molar-refractivity contribution in [3.8, 4) is 0 Å². The van der Waals surface area contributed by atoms with Crippen LogP contribution in [0.25, 0.3) is 0 Å². The van der Waals surface area contributed by atoms with Gasteiger partial charge in [-0.1, -0.05) is 12.1 Å². The van der Waals surface area contributed by atoms with E-state index in [1.54, 1.807) is 6.07 Å². The zero-order valence-corrected chi connectivity index (χ0v) is 16.0. The minimum atomic E-state index is -4.34. The van der Waals surface area contributed by atoms with E-state index in [9.17, 15) is 18.0 Å². The van der Waals surface area contributed by atoms with Crippen molar-refractivity contribution in [2.75, 3.05) is 42.9 Å². The van der Waals surface area contributed by atoms with Crippen LogP contribution in [0, 0.1) is 13.8 Å². The van der Waals surface area contributed by atoms with E-state index < -0.39 is 11.7 Å². The highest BCUT2D eigenvalue weighted by Gasteiger charge is 2.31. The maximum Gasteiger partial charge on any atom is 0.416 e. The van der Waals surface area contributed by atoms with Crippen molar-refractivity contribution in [1.82, 2.24) is 4.90 Å². The van der Waals surface area contributed by atoms with Crippen molar-refractivity contribution < 1.29 is 18.0 Å². The first-order valence-electron chi connectivity index (χ1n) is 9.24. The lowest BCUT2D eigenvalue weighted by molar-refractivity contribution is -0.137. The summed E-state index contributed by atoms with van der Waals surface area (Å²) in [5.41, 5.74) is 2.99. The molecule has 0 saturated carbocycles. The van der Waals surface area contributed by atoms with E-state index in [2.05, 4.69) is 5.32 Å². The molecule has 150 valence electrons. The lowest BCUT2D eigenvalue weighted by Crippen LogP contribution is -2.48. The number of benzene rings is 2. The summed E-state index contributed by atoms with van der Waals surface area (Å²) in [7, 11) is 0. The van der Waals surface area contributed by atoms with Crippen LogP contribution >= 0.6 is 0 Å². The number of anilines is 2. The normalized spacial score (nSPS) is 15.5. The number of nitrogens with zero attached hydrogens (tertiary/aromatic N) is 2. The van der Waals surface area contributed by atoms with Crippen molar-refractivity contribution in [1.29, 1.82) is 0 Å². The van der Waals surface area contributed by atoms with E-state index in [1.165, 1.54) is 17.7 Å². The molecule has 1 fully saturated rings. The zero-order valence-electron chi connectivity index (χ0n) is 16.0. The first-order valence-corrected chi connectivity index (χ1v) is 9.24. The predicted molar refractivity (Wildman–Crippen MR) is 105 cm³/mol. The van der Waals surface area contributed by atoms with Crippen molar-refractivity contribution >= 4 is 17.3 Å². The van der Waals surface area contributed by atoms with Gasteiger partial charge in [-0.2, -0.15) is 13.2 Å². The summed E-state index contributed by atoms with van der Waals surface area (Å²) >= 11 is 0. The Balaban J connectivity index is 1.52. The van der Waals surface area contributed by atoms with Gasteiger partial charge in [-0.05, 0) is 55.3 Å². The van der Waals surface area contributed by atoms with Crippen LogP contribution in [0.4, 0.5) is 24.5 Å². The number of carbonyl (C=O) groups is 1. The molecule has 1 aliphatic rings. The molecule has 0 unspecified atom stereocenters. The number of halogens is 3. The minimum Gasteiger partial charge on any atom is -0.369 e. The molecule has 0 spiro atoms. The average Bonchev–Trinajstić information content (AvgIpc) is 2.65. The fourth-order valence-electron chi connectivity index (χ4n) is 3.27. The molecule has 1 amide bonds. The highest BCUT2D eigenvalue weighted by atomic mass is 19.4. The molecule has 28 heavy (non-hydrogen) atoms. The Bertz CT molecular complexity index is 843. The Hall–Kier alpha value is -2.54. The number of alkyl halides is 3. The smallest absolute Gasteiger partial charge is 0.369 e. The molecule has 0 aromatic heterocycles. The average molecular weight is 391 g/mol. The molecule has 4 nitrogen and oxygen atoms in total. The van der Waals surface area contributed by atoms with Gasteiger partial charge in [-0.3, -0.25) is 9.69 Å². The highest BCUT2D eigenvalue weighted by Crippen LogP contribution is 2.31. The first-order chi connectivity index (χ1) is 13.2. The molecule has 1 N–H and O–H groups in total. The van der Waals surface area contributed by atoms with E-state index in [0.29, 0.717) is 31.9 Å². The van der Waals surface area contributed by atoms with E-state index in [0.717, 1.165) is 17.3 Å². The number of nitrogens with one attached hydrogen (secondary N) is 1. The zero-order chi connectivity index (χ0) is 20.3. The monoisotopic (exact) mass is 391 g/mol. The Morgan fingerprint density at radius 2 is 1.71 bits per heavy atom. The Labute approximate surface area is 162 Å². The molecule has 1 saturated heterocycles. The van der Waals surface area contributed by atoms with Crippen molar-refractivity contribution in [3.05, 3.63) is 59.2 Å². The Kier molecular flexibility index (Phi) is 5.93. The van der Waals surface area contributed by atoms with Gasteiger partial charge in [-0.15, -0.1) is 0 Å². The number of hydrogen-bond acceptors (Lipinski definition) is 3. The molecular formula is C21H24F3N3O. The molecule has 0 bridgehead atoms. The second kappa shape index (κ2) is 8.22. The quantitative estimate of drug-likeness (QED) is 0.853. The van der Waals surface area contributed by atoms with Gasteiger partial charge in [0.15, 0.2) is 0 Å². The first kappa shape index (κ1) is 20.2. The van der Waals surface area contributed by atoms with Crippen LogP contribution in [0.1, 0.15) is 16.7 Å². The Morgan fingerprint density at radius 1 is 1.00 bits per heavy atom. The molecule has 0 radical (unpaired) electrons. The molecule has 0 atom stereocenters. The third-order valence-electron chi connectivity index (χ3n) is 5.07. The standard InChI is InChI=1S/C21H24F3N3O/c1-15-6-7-18(12-16(15)2)25-20(28)14-26-8-10-27(11-9-26)19-5-3-4-17(13-19)21(22,23)24/h3-7,12-13H,8-11,14H2,1-2H3,(H,25,28). The number of piperazine rings is 1. The van der Waals surface area contributed by atoms with Gasteiger partial charge in [0.2, 0.25) is 5.91 Å². The third kappa shape index (κ3) is 5.04. The largest absolute Gasteiger partial charge is 0.416 e. The van der Waals surface area contributed by atoms with E-state index >= 15 is 0 Å². The van der Waals surface area contributed by atoms with Crippen LogP contribution in [0.3, 0.4) is 0 Å². The maximum atomic E-state index is 12.9. The van der Waals surface area contributed by atoms with E-state index in [1.807, 2.05) is 41.8 Å². The SMILES string of the molecule is Cc1ccc(NC(=O)CN2CCN(c3cccc(C(F)(F)F)c3)CC2)cc1C. The second-order valence-electron chi connectivity index (χ2n) is 7.16. The van der Waals surface area contributed by atoms with Crippen molar-refractivity contribution in [2.24, 2.45) is 0 Å². The second-order valence-corrected chi connectivity index (χ2v) is 7.16. The summed E-state index contributed by atoms with van der Waals surface area (Å²) in [6.45, 7) is 6.69. The summed E-state index contributed by atoms with van der Waals surface area (Å²) in [5.74, 6) is -0.0872. The third-order valence-corrected chi connectivity index (χ3v) is 5.07. The molecule has 0 aliphatic carbocycles. The predicted octanol–water partition coefficient (Wildman–Crippen LogP) is 4.08. The van der Waals surface area contributed by atoms with E-state index in [4.69, 9.17) is 0 Å². The van der Waals surface area contributed by atoms with Crippen LogP contribution in [-0.4, -0.2) is 43.5 Å². The lowest BCUT2D eigenvalue weighted by Gasteiger charge is -2.36. The Morgan fingerprint density at radius 3 is 2.36 bits per heavy atom. The summed E-state index contributed by atoms with van der Waals surface area (Å²) in [5, 5.41) is 2.91. The van der Waals surface area contributed by atoms with Gasteiger partial charge < -0.3 is 10.2 Å². The minimum absolute atomic E-state index is 0.0872. The van der Waals surface area contributed by atoms with Gasteiger partial charge in [0.1, 0.15) is 0 Å². The number of hydrogen-bond donors (Lipinski definition) is 1. The fraction of sp³-hybridized carbons (Fsp3) is 0.381. The number of amides is 1.